The zero-order valence-electron chi connectivity index (χ0n) is 12.1. The Balaban J connectivity index is 2.05. The van der Waals surface area contributed by atoms with Gasteiger partial charge in [0.15, 0.2) is 5.13 Å². The van der Waals surface area contributed by atoms with Crippen molar-refractivity contribution in [2.75, 3.05) is 18.5 Å². The van der Waals surface area contributed by atoms with Gasteiger partial charge in [-0.2, -0.15) is 0 Å². The quantitative estimate of drug-likeness (QED) is 0.862. The molecule has 0 aliphatic heterocycles. The van der Waals surface area contributed by atoms with Crippen LogP contribution < -0.4 is 5.32 Å². The van der Waals surface area contributed by atoms with Crippen molar-refractivity contribution < 1.29 is 9.53 Å². The monoisotopic (exact) mass is 282 g/mol. The highest BCUT2D eigenvalue weighted by molar-refractivity contribution is 7.15. The summed E-state index contributed by atoms with van der Waals surface area (Å²) < 4.78 is 5.11. The van der Waals surface area contributed by atoms with Gasteiger partial charge in [-0.25, -0.2) is 4.98 Å². The molecular weight excluding hydrogens is 260 g/mol. The third kappa shape index (κ3) is 3.47. The molecule has 0 bridgehead atoms. The average molecular weight is 282 g/mol. The van der Waals surface area contributed by atoms with Gasteiger partial charge in [0, 0.05) is 11.4 Å². The smallest absolute Gasteiger partial charge is 0.315 e. The summed E-state index contributed by atoms with van der Waals surface area (Å²) in [5, 5.41) is 4.29. The van der Waals surface area contributed by atoms with Crippen molar-refractivity contribution in [3.8, 4) is 0 Å². The van der Waals surface area contributed by atoms with E-state index in [-0.39, 0.29) is 17.3 Å². The van der Waals surface area contributed by atoms with E-state index < -0.39 is 0 Å². The predicted octanol–water partition coefficient (Wildman–Crippen LogP) is 3.19. The molecule has 0 radical (unpaired) electrons. The van der Waals surface area contributed by atoms with E-state index in [0.717, 1.165) is 30.2 Å². The molecule has 1 heterocycles. The lowest BCUT2D eigenvalue weighted by molar-refractivity contribution is -0.145. The summed E-state index contributed by atoms with van der Waals surface area (Å²) in [7, 11) is 0. The molecule has 0 spiro atoms. The molecule has 1 atom stereocenters. The molecule has 5 heteroatoms. The molecular formula is C14H22N2O2S. The molecule has 0 saturated heterocycles. The van der Waals surface area contributed by atoms with Crippen LogP contribution in [0.15, 0.2) is 0 Å². The largest absolute Gasteiger partial charge is 0.465 e. The standard InChI is InChI=1S/C14H22N2O2S/c1-5-18-12(17)9-6-7-10-11(9)16-13(19-10)15-8-14(2,3)4/h9H,5-8H2,1-4H3,(H,15,16). The van der Waals surface area contributed by atoms with Gasteiger partial charge in [0.1, 0.15) is 5.92 Å². The van der Waals surface area contributed by atoms with Crippen molar-refractivity contribution in [2.45, 2.75) is 46.5 Å². The van der Waals surface area contributed by atoms with Gasteiger partial charge in [-0.3, -0.25) is 4.79 Å². The maximum atomic E-state index is 11.9. The van der Waals surface area contributed by atoms with Crippen LogP contribution in [0.2, 0.25) is 0 Å². The number of hydrogen-bond acceptors (Lipinski definition) is 5. The van der Waals surface area contributed by atoms with Crippen LogP contribution in [0.25, 0.3) is 0 Å². The zero-order valence-corrected chi connectivity index (χ0v) is 12.9. The van der Waals surface area contributed by atoms with Crippen LogP contribution in [0.1, 0.15) is 50.6 Å². The Morgan fingerprint density at radius 3 is 2.89 bits per heavy atom. The van der Waals surface area contributed by atoms with E-state index in [9.17, 15) is 4.79 Å². The molecule has 1 aromatic heterocycles. The van der Waals surface area contributed by atoms with Crippen LogP contribution in [0, 0.1) is 5.41 Å². The summed E-state index contributed by atoms with van der Waals surface area (Å²) in [5.74, 6) is -0.287. The number of carbonyl (C=O) groups excluding carboxylic acids is 1. The molecule has 4 nitrogen and oxygen atoms in total. The summed E-state index contributed by atoms with van der Waals surface area (Å²) in [5.41, 5.74) is 1.15. The molecule has 0 aromatic carbocycles. The minimum atomic E-state index is -0.156. The summed E-state index contributed by atoms with van der Waals surface area (Å²) in [6.07, 6.45) is 1.78. The van der Waals surface area contributed by atoms with Gasteiger partial charge in [-0.1, -0.05) is 20.8 Å². The van der Waals surface area contributed by atoms with Crippen LogP contribution >= 0.6 is 11.3 Å². The second-order valence-electron chi connectivity index (χ2n) is 6.08. The van der Waals surface area contributed by atoms with Gasteiger partial charge in [0.05, 0.1) is 12.3 Å². The highest BCUT2D eigenvalue weighted by Gasteiger charge is 2.33. The number of nitrogens with one attached hydrogen (secondary N) is 1. The maximum absolute atomic E-state index is 11.9. The summed E-state index contributed by atoms with van der Waals surface area (Å²) in [6.45, 7) is 9.70. The number of nitrogens with zero attached hydrogens (tertiary/aromatic N) is 1. The van der Waals surface area contributed by atoms with Crippen LogP contribution in [-0.4, -0.2) is 24.1 Å². The number of hydrogen-bond donors (Lipinski definition) is 1. The van der Waals surface area contributed by atoms with E-state index in [1.54, 1.807) is 11.3 Å². The number of fused-ring (bicyclic) bond motifs is 1. The highest BCUT2D eigenvalue weighted by atomic mass is 32.1. The van der Waals surface area contributed by atoms with E-state index in [1.807, 2.05) is 6.92 Å². The molecule has 0 amide bonds. The predicted molar refractivity (Wildman–Crippen MR) is 77.8 cm³/mol. The van der Waals surface area contributed by atoms with Crippen molar-refractivity contribution in [3.05, 3.63) is 10.6 Å². The highest BCUT2D eigenvalue weighted by Crippen LogP contribution is 2.39. The lowest BCUT2D eigenvalue weighted by Crippen LogP contribution is -2.19. The minimum absolute atomic E-state index is 0.131. The van der Waals surface area contributed by atoms with Crippen LogP contribution in [-0.2, 0) is 16.0 Å². The molecule has 0 saturated carbocycles. The number of esters is 1. The molecule has 106 valence electrons. The first-order chi connectivity index (χ1) is 8.90. The Kier molecular flexibility index (Phi) is 4.13. The second-order valence-corrected chi connectivity index (χ2v) is 7.17. The Hall–Kier alpha value is -1.10. The Morgan fingerprint density at radius 1 is 1.53 bits per heavy atom. The number of ether oxygens (including phenoxy) is 1. The van der Waals surface area contributed by atoms with Gasteiger partial charge in [0.2, 0.25) is 0 Å². The maximum Gasteiger partial charge on any atom is 0.315 e. The van der Waals surface area contributed by atoms with Crippen molar-refractivity contribution in [3.63, 3.8) is 0 Å². The Labute approximate surface area is 118 Å². The fourth-order valence-corrected chi connectivity index (χ4v) is 3.15. The molecule has 1 aliphatic rings. The van der Waals surface area contributed by atoms with E-state index in [1.165, 1.54) is 4.88 Å². The molecule has 1 aromatic rings. The normalized spacial score (nSPS) is 18.2. The number of carbonyl (C=O) groups is 1. The summed E-state index contributed by atoms with van der Waals surface area (Å²) in [6, 6.07) is 0. The third-order valence-electron chi connectivity index (χ3n) is 3.06. The molecule has 19 heavy (non-hydrogen) atoms. The van der Waals surface area contributed by atoms with Crippen LogP contribution in [0.5, 0.6) is 0 Å². The number of thiazole rings is 1. The first kappa shape index (κ1) is 14.3. The van der Waals surface area contributed by atoms with Gasteiger partial charge < -0.3 is 10.1 Å². The molecule has 0 fully saturated rings. The van der Waals surface area contributed by atoms with Crippen molar-refractivity contribution in [1.29, 1.82) is 0 Å². The Morgan fingerprint density at radius 2 is 2.26 bits per heavy atom. The topological polar surface area (TPSA) is 51.2 Å². The van der Waals surface area contributed by atoms with Crippen LogP contribution in [0.3, 0.4) is 0 Å². The van der Waals surface area contributed by atoms with E-state index in [2.05, 4.69) is 31.1 Å². The summed E-state index contributed by atoms with van der Waals surface area (Å²) >= 11 is 1.67. The first-order valence-electron chi connectivity index (χ1n) is 6.81. The number of aryl methyl sites for hydroxylation is 1. The second kappa shape index (κ2) is 5.49. The van der Waals surface area contributed by atoms with Gasteiger partial charge in [-0.15, -0.1) is 11.3 Å². The number of anilines is 1. The number of rotatable bonds is 4. The van der Waals surface area contributed by atoms with E-state index in [0.29, 0.717) is 6.61 Å². The van der Waals surface area contributed by atoms with E-state index >= 15 is 0 Å². The average Bonchev–Trinajstić information content (AvgIpc) is 2.84. The SMILES string of the molecule is CCOC(=O)C1CCc2sc(NCC(C)(C)C)nc21. The van der Waals surface area contributed by atoms with Crippen molar-refractivity contribution in [1.82, 2.24) is 4.98 Å². The first-order valence-corrected chi connectivity index (χ1v) is 7.62. The zero-order chi connectivity index (χ0) is 14.0. The van der Waals surface area contributed by atoms with Gasteiger partial charge in [0.25, 0.3) is 0 Å². The van der Waals surface area contributed by atoms with Crippen LogP contribution in [0.4, 0.5) is 5.13 Å². The Bertz CT molecular complexity index is 463. The summed E-state index contributed by atoms with van der Waals surface area (Å²) in [4.78, 5) is 17.7. The molecule has 1 unspecified atom stereocenters. The van der Waals surface area contributed by atoms with Crippen molar-refractivity contribution in [2.24, 2.45) is 5.41 Å². The molecule has 1 aliphatic carbocycles. The fourth-order valence-electron chi connectivity index (χ4n) is 2.12. The third-order valence-corrected chi connectivity index (χ3v) is 4.15. The van der Waals surface area contributed by atoms with Gasteiger partial charge in [-0.05, 0) is 25.2 Å². The molecule has 1 N–H and O–H groups in total. The molecule has 2 rings (SSSR count). The fraction of sp³-hybridized carbons (Fsp3) is 0.714. The lowest BCUT2D eigenvalue weighted by Gasteiger charge is -2.18. The van der Waals surface area contributed by atoms with Gasteiger partial charge >= 0.3 is 5.97 Å². The van der Waals surface area contributed by atoms with Crippen molar-refractivity contribution >= 4 is 22.4 Å². The lowest BCUT2D eigenvalue weighted by atomic mass is 9.97. The minimum Gasteiger partial charge on any atom is -0.465 e. The van der Waals surface area contributed by atoms with E-state index in [4.69, 9.17) is 4.74 Å². The number of aromatic nitrogens is 1.